The predicted octanol–water partition coefficient (Wildman–Crippen LogP) is 3.90. The van der Waals surface area contributed by atoms with Crippen molar-refractivity contribution in [3.8, 4) is 5.75 Å². The van der Waals surface area contributed by atoms with Crippen molar-refractivity contribution in [3.63, 3.8) is 0 Å². The minimum absolute atomic E-state index is 0.00396. The summed E-state index contributed by atoms with van der Waals surface area (Å²) >= 11 is 0. The number of anilines is 2. The van der Waals surface area contributed by atoms with Gasteiger partial charge in [0.15, 0.2) is 5.82 Å². The summed E-state index contributed by atoms with van der Waals surface area (Å²) in [5.41, 5.74) is 1.23. The third-order valence-electron chi connectivity index (χ3n) is 7.32. The lowest BCUT2D eigenvalue weighted by Crippen LogP contribution is -2.52. The van der Waals surface area contributed by atoms with Crippen LogP contribution < -0.4 is 15.0 Å². The van der Waals surface area contributed by atoms with E-state index in [9.17, 15) is 9.59 Å². The number of piperidine rings is 1. The SMILES string of the molecule is CC(C)(C(=O)N1CCC(Oc2ccc(NC(=O)C3CN(c4cccnn4)C3)cc2)CC1)c1ccccc1. The Morgan fingerprint density at radius 2 is 1.65 bits per heavy atom. The van der Waals surface area contributed by atoms with E-state index in [1.165, 1.54) is 0 Å². The highest BCUT2D eigenvalue weighted by Gasteiger charge is 2.36. The van der Waals surface area contributed by atoms with Crippen LogP contribution >= 0.6 is 0 Å². The lowest BCUT2D eigenvalue weighted by Gasteiger charge is -2.38. The topological polar surface area (TPSA) is 87.7 Å². The molecule has 0 unspecified atom stereocenters. The molecule has 8 nitrogen and oxygen atoms in total. The van der Waals surface area contributed by atoms with Crippen molar-refractivity contribution >= 4 is 23.3 Å². The maximum absolute atomic E-state index is 13.2. The van der Waals surface area contributed by atoms with Crippen molar-refractivity contribution < 1.29 is 14.3 Å². The minimum Gasteiger partial charge on any atom is -0.490 e. The second kappa shape index (κ2) is 10.6. The van der Waals surface area contributed by atoms with E-state index >= 15 is 0 Å². The second-order valence-electron chi connectivity index (χ2n) is 10.3. The van der Waals surface area contributed by atoms with E-state index in [2.05, 4.69) is 15.5 Å². The molecule has 3 aromatic rings. The maximum atomic E-state index is 13.2. The third kappa shape index (κ3) is 5.58. The molecule has 2 amide bonds. The number of likely N-dealkylation sites (tertiary alicyclic amines) is 1. The van der Waals surface area contributed by atoms with Crippen LogP contribution in [0.4, 0.5) is 11.5 Å². The van der Waals surface area contributed by atoms with Crippen LogP contribution in [0.2, 0.25) is 0 Å². The average molecular weight is 500 g/mol. The van der Waals surface area contributed by atoms with Gasteiger partial charge in [0.25, 0.3) is 0 Å². The largest absolute Gasteiger partial charge is 0.490 e. The average Bonchev–Trinajstić information content (AvgIpc) is 2.90. The van der Waals surface area contributed by atoms with E-state index in [1.54, 1.807) is 6.20 Å². The van der Waals surface area contributed by atoms with Gasteiger partial charge in [-0.25, -0.2) is 0 Å². The van der Waals surface area contributed by atoms with Crippen molar-refractivity contribution in [1.29, 1.82) is 0 Å². The van der Waals surface area contributed by atoms with Gasteiger partial charge in [-0.1, -0.05) is 30.3 Å². The predicted molar refractivity (Wildman–Crippen MR) is 143 cm³/mol. The number of nitrogens with one attached hydrogen (secondary N) is 1. The number of ether oxygens (including phenoxy) is 1. The summed E-state index contributed by atoms with van der Waals surface area (Å²) in [5.74, 6) is 1.65. The highest BCUT2D eigenvalue weighted by atomic mass is 16.5. The molecule has 2 saturated heterocycles. The molecule has 3 heterocycles. The smallest absolute Gasteiger partial charge is 0.232 e. The van der Waals surface area contributed by atoms with Gasteiger partial charge in [-0.2, -0.15) is 5.10 Å². The van der Waals surface area contributed by atoms with E-state index in [4.69, 9.17) is 4.74 Å². The van der Waals surface area contributed by atoms with Crippen LogP contribution in [-0.4, -0.2) is 59.2 Å². The number of hydrogen-bond acceptors (Lipinski definition) is 6. The van der Waals surface area contributed by atoms with Gasteiger partial charge in [0, 0.05) is 50.9 Å². The summed E-state index contributed by atoms with van der Waals surface area (Å²) in [6.07, 6.45) is 3.28. The van der Waals surface area contributed by atoms with Gasteiger partial charge in [-0.15, -0.1) is 5.10 Å². The number of nitrogens with zero attached hydrogens (tertiary/aromatic N) is 4. The number of amides is 2. The molecule has 0 aliphatic carbocycles. The zero-order chi connectivity index (χ0) is 25.8. The molecule has 0 spiro atoms. The highest BCUT2D eigenvalue weighted by Crippen LogP contribution is 2.29. The monoisotopic (exact) mass is 499 g/mol. The molecular weight excluding hydrogens is 466 g/mol. The molecule has 2 aromatic carbocycles. The molecule has 0 atom stereocenters. The van der Waals surface area contributed by atoms with E-state index in [1.807, 2.05) is 90.4 Å². The zero-order valence-electron chi connectivity index (χ0n) is 21.3. The molecule has 0 radical (unpaired) electrons. The Hall–Kier alpha value is -3.94. The van der Waals surface area contributed by atoms with E-state index in [0.717, 1.165) is 35.7 Å². The molecule has 1 N–H and O–H groups in total. The molecule has 2 aliphatic rings. The Kier molecular flexibility index (Phi) is 7.08. The molecule has 2 fully saturated rings. The third-order valence-corrected chi connectivity index (χ3v) is 7.32. The molecule has 8 heteroatoms. The van der Waals surface area contributed by atoms with Gasteiger partial charge in [0.1, 0.15) is 11.9 Å². The molecule has 0 saturated carbocycles. The fraction of sp³-hybridized carbons (Fsp3) is 0.379. The Morgan fingerprint density at radius 3 is 2.30 bits per heavy atom. The summed E-state index contributed by atoms with van der Waals surface area (Å²) in [6.45, 7) is 6.62. The number of hydrogen-bond donors (Lipinski definition) is 1. The first-order valence-electron chi connectivity index (χ1n) is 12.9. The van der Waals surface area contributed by atoms with Gasteiger partial charge in [-0.3, -0.25) is 9.59 Å². The van der Waals surface area contributed by atoms with E-state index in [0.29, 0.717) is 26.2 Å². The molecule has 192 valence electrons. The van der Waals surface area contributed by atoms with Gasteiger partial charge in [-0.05, 0) is 55.8 Å². The Bertz CT molecular complexity index is 1200. The Labute approximate surface area is 217 Å². The molecule has 37 heavy (non-hydrogen) atoms. The summed E-state index contributed by atoms with van der Waals surface area (Å²) < 4.78 is 6.19. The van der Waals surface area contributed by atoms with Crippen LogP contribution in [-0.2, 0) is 15.0 Å². The summed E-state index contributed by atoms with van der Waals surface area (Å²) in [4.78, 5) is 29.8. The van der Waals surface area contributed by atoms with Crippen molar-refractivity contribution in [1.82, 2.24) is 15.1 Å². The summed E-state index contributed by atoms with van der Waals surface area (Å²) in [6, 6.07) is 21.2. The first kappa shape index (κ1) is 24.7. The highest BCUT2D eigenvalue weighted by molar-refractivity contribution is 5.94. The summed E-state index contributed by atoms with van der Waals surface area (Å²) in [5, 5.41) is 11.0. The molecule has 0 bridgehead atoms. The quantitative estimate of drug-likeness (QED) is 0.531. The van der Waals surface area contributed by atoms with Crippen molar-refractivity contribution in [2.24, 2.45) is 5.92 Å². The van der Waals surface area contributed by atoms with Crippen LogP contribution in [0.5, 0.6) is 5.75 Å². The standard InChI is InChI=1S/C29H33N5O3/c1-29(2,22-7-4-3-5-8-22)28(36)33-17-14-25(15-18-33)37-24-12-10-23(11-13-24)31-27(35)21-19-34(20-21)26-9-6-16-30-32-26/h3-13,16,21,25H,14-15,17-20H2,1-2H3,(H,31,35). The lowest BCUT2D eigenvalue weighted by molar-refractivity contribution is -0.138. The lowest BCUT2D eigenvalue weighted by atomic mass is 9.82. The van der Waals surface area contributed by atoms with Gasteiger partial charge >= 0.3 is 0 Å². The number of carbonyl (C=O) groups excluding carboxylic acids is 2. The number of rotatable bonds is 7. The van der Waals surface area contributed by atoms with Crippen molar-refractivity contribution in [3.05, 3.63) is 78.5 Å². The van der Waals surface area contributed by atoms with Gasteiger partial charge < -0.3 is 19.9 Å². The van der Waals surface area contributed by atoms with Crippen LogP contribution in [0.25, 0.3) is 0 Å². The molecule has 2 aliphatic heterocycles. The fourth-order valence-corrected chi connectivity index (χ4v) is 4.90. The maximum Gasteiger partial charge on any atom is 0.232 e. The van der Waals surface area contributed by atoms with Gasteiger partial charge in [0.05, 0.1) is 11.3 Å². The molecular formula is C29H33N5O3. The molecule has 1 aromatic heterocycles. The number of aromatic nitrogens is 2. The van der Waals surface area contributed by atoms with Crippen molar-refractivity contribution in [2.45, 2.75) is 38.2 Å². The van der Waals surface area contributed by atoms with Crippen LogP contribution in [0, 0.1) is 5.92 Å². The molecule has 5 rings (SSSR count). The Balaban J connectivity index is 1.07. The second-order valence-corrected chi connectivity index (χ2v) is 10.3. The van der Waals surface area contributed by atoms with Crippen molar-refractivity contribution in [2.75, 3.05) is 36.4 Å². The van der Waals surface area contributed by atoms with Crippen LogP contribution in [0.1, 0.15) is 32.3 Å². The Morgan fingerprint density at radius 1 is 0.946 bits per heavy atom. The van der Waals surface area contributed by atoms with E-state index in [-0.39, 0.29) is 23.8 Å². The van der Waals surface area contributed by atoms with Gasteiger partial charge in [0.2, 0.25) is 11.8 Å². The normalized spacial score (nSPS) is 16.7. The van der Waals surface area contributed by atoms with Crippen LogP contribution in [0.15, 0.2) is 72.9 Å². The first-order valence-corrected chi connectivity index (χ1v) is 12.9. The minimum atomic E-state index is -0.553. The zero-order valence-corrected chi connectivity index (χ0v) is 21.3. The fourth-order valence-electron chi connectivity index (χ4n) is 4.90. The summed E-state index contributed by atoms with van der Waals surface area (Å²) in [7, 11) is 0. The van der Waals surface area contributed by atoms with Crippen LogP contribution in [0.3, 0.4) is 0 Å². The first-order chi connectivity index (χ1) is 17.9. The number of benzene rings is 2. The van der Waals surface area contributed by atoms with E-state index < -0.39 is 5.41 Å². The number of carbonyl (C=O) groups is 2.